The largest absolute Gasteiger partial charge is 0.342 e. The fraction of sp³-hybridized carbons (Fsp3) is 0.435. The molecular formula is C23H29FN4O3. The highest BCUT2D eigenvalue weighted by molar-refractivity contribution is 5.94. The number of amides is 1. The standard InChI is InChI=1S/C23H29FN4O3/c1-16-13-18(10-11-22(16)28(30)31)23(29)27(2)12-5-3-4-9-20-15-21(26-25-20)17-7-6-8-19(24)14-17/h6-8,10-11,13-14,20-21,25-26H,3-5,9,12,15H2,1-2H3. The van der Waals surface area contributed by atoms with E-state index >= 15 is 0 Å². The molecule has 0 radical (unpaired) electrons. The first-order valence-electron chi connectivity index (χ1n) is 10.6. The maximum absolute atomic E-state index is 13.4. The van der Waals surface area contributed by atoms with E-state index in [2.05, 4.69) is 10.9 Å². The second-order valence-electron chi connectivity index (χ2n) is 8.16. The molecule has 3 rings (SSSR count). The Hall–Kier alpha value is -2.84. The number of nitrogens with zero attached hydrogens (tertiary/aromatic N) is 2. The Kier molecular flexibility index (Phi) is 7.70. The van der Waals surface area contributed by atoms with E-state index in [0.29, 0.717) is 23.7 Å². The Morgan fingerprint density at radius 3 is 2.71 bits per heavy atom. The molecule has 0 bridgehead atoms. The van der Waals surface area contributed by atoms with E-state index in [9.17, 15) is 19.3 Å². The van der Waals surface area contributed by atoms with Crippen LogP contribution in [0.2, 0.25) is 0 Å². The van der Waals surface area contributed by atoms with Gasteiger partial charge in [0, 0.05) is 42.9 Å². The lowest BCUT2D eigenvalue weighted by Crippen LogP contribution is -2.31. The summed E-state index contributed by atoms with van der Waals surface area (Å²) in [6, 6.07) is 11.6. The van der Waals surface area contributed by atoms with Gasteiger partial charge in [0.1, 0.15) is 5.82 Å². The number of rotatable bonds is 9. The summed E-state index contributed by atoms with van der Waals surface area (Å²) in [5.41, 5.74) is 8.47. The fourth-order valence-corrected chi connectivity index (χ4v) is 3.99. The van der Waals surface area contributed by atoms with Gasteiger partial charge in [0.05, 0.1) is 4.92 Å². The first-order chi connectivity index (χ1) is 14.8. The van der Waals surface area contributed by atoms with Gasteiger partial charge in [0.2, 0.25) is 0 Å². The summed E-state index contributed by atoms with van der Waals surface area (Å²) in [5, 5.41) is 10.9. The van der Waals surface area contributed by atoms with Crippen molar-refractivity contribution in [1.82, 2.24) is 15.8 Å². The van der Waals surface area contributed by atoms with E-state index < -0.39 is 4.92 Å². The molecule has 7 nitrogen and oxygen atoms in total. The number of benzene rings is 2. The first kappa shape index (κ1) is 22.8. The van der Waals surface area contributed by atoms with Gasteiger partial charge in [-0.15, -0.1) is 0 Å². The van der Waals surface area contributed by atoms with Crippen LogP contribution in [0.4, 0.5) is 10.1 Å². The number of hydrogen-bond acceptors (Lipinski definition) is 5. The van der Waals surface area contributed by atoms with Gasteiger partial charge < -0.3 is 4.90 Å². The first-order valence-corrected chi connectivity index (χ1v) is 10.6. The topological polar surface area (TPSA) is 87.5 Å². The maximum atomic E-state index is 13.4. The van der Waals surface area contributed by atoms with Gasteiger partial charge in [-0.25, -0.2) is 4.39 Å². The van der Waals surface area contributed by atoms with E-state index in [-0.39, 0.29) is 23.5 Å². The van der Waals surface area contributed by atoms with Crippen molar-refractivity contribution in [3.05, 3.63) is 75.1 Å². The van der Waals surface area contributed by atoms with E-state index in [1.54, 1.807) is 37.1 Å². The lowest BCUT2D eigenvalue weighted by Gasteiger charge is -2.17. The molecule has 0 spiro atoms. The van der Waals surface area contributed by atoms with Crippen LogP contribution < -0.4 is 10.9 Å². The molecule has 2 N–H and O–H groups in total. The minimum Gasteiger partial charge on any atom is -0.342 e. The molecule has 0 aromatic heterocycles. The van der Waals surface area contributed by atoms with Crippen LogP contribution in [0.3, 0.4) is 0 Å². The highest BCUT2D eigenvalue weighted by atomic mass is 19.1. The maximum Gasteiger partial charge on any atom is 0.272 e. The zero-order valence-corrected chi connectivity index (χ0v) is 17.9. The molecule has 0 aliphatic carbocycles. The van der Waals surface area contributed by atoms with Crippen LogP contribution in [-0.2, 0) is 0 Å². The third kappa shape index (κ3) is 6.08. The molecule has 1 aliphatic heterocycles. The van der Waals surface area contributed by atoms with Crippen LogP contribution in [0.25, 0.3) is 0 Å². The van der Waals surface area contributed by atoms with Crippen molar-refractivity contribution in [2.24, 2.45) is 0 Å². The third-order valence-electron chi connectivity index (χ3n) is 5.77. The molecule has 31 heavy (non-hydrogen) atoms. The van der Waals surface area contributed by atoms with E-state index in [0.717, 1.165) is 37.7 Å². The number of hydrazine groups is 1. The molecule has 1 saturated heterocycles. The number of hydrogen-bond donors (Lipinski definition) is 2. The molecule has 2 atom stereocenters. The number of unbranched alkanes of at least 4 members (excludes halogenated alkanes) is 2. The van der Waals surface area contributed by atoms with Crippen molar-refractivity contribution in [1.29, 1.82) is 0 Å². The summed E-state index contributed by atoms with van der Waals surface area (Å²) in [6.07, 6.45) is 4.86. The summed E-state index contributed by atoms with van der Waals surface area (Å²) in [6.45, 7) is 2.27. The number of carbonyl (C=O) groups is 1. The molecule has 8 heteroatoms. The zero-order chi connectivity index (χ0) is 22.4. The predicted octanol–water partition coefficient (Wildman–Crippen LogP) is 4.28. The number of halogens is 1. The van der Waals surface area contributed by atoms with Crippen LogP contribution in [0.15, 0.2) is 42.5 Å². The molecule has 1 aliphatic rings. The number of carbonyl (C=O) groups excluding carboxylic acids is 1. The lowest BCUT2D eigenvalue weighted by atomic mass is 9.99. The SMILES string of the molecule is Cc1cc(C(=O)N(C)CCCCCC2CC(c3cccc(F)c3)NN2)ccc1[N+](=O)[O-]. The van der Waals surface area contributed by atoms with E-state index in [1.807, 2.05) is 6.07 Å². The highest BCUT2D eigenvalue weighted by Crippen LogP contribution is 2.25. The molecule has 1 heterocycles. The molecule has 0 saturated carbocycles. The number of nitro groups is 1. The Morgan fingerprint density at radius 2 is 2.00 bits per heavy atom. The molecule has 166 valence electrons. The van der Waals surface area contributed by atoms with Gasteiger partial charge in [0.15, 0.2) is 0 Å². The Balaban J connectivity index is 1.36. The van der Waals surface area contributed by atoms with Gasteiger partial charge >= 0.3 is 0 Å². The van der Waals surface area contributed by atoms with Gasteiger partial charge in [-0.1, -0.05) is 25.0 Å². The number of aryl methyl sites for hydroxylation is 1. The van der Waals surface area contributed by atoms with Gasteiger partial charge in [-0.2, -0.15) is 0 Å². The Labute approximate surface area is 181 Å². The van der Waals surface area contributed by atoms with Gasteiger partial charge in [-0.3, -0.25) is 25.8 Å². The van der Waals surface area contributed by atoms with Crippen LogP contribution in [0.5, 0.6) is 0 Å². The molecule has 2 aromatic carbocycles. The van der Waals surface area contributed by atoms with E-state index in [1.165, 1.54) is 18.2 Å². The predicted molar refractivity (Wildman–Crippen MR) is 117 cm³/mol. The summed E-state index contributed by atoms with van der Waals surface area (Å²) >= 11 is 0. The molecule has 1 amide bonds. The van der Waals surface area contributed by atoms with Crippen LogP contribution in [0, 0.1) is 22.9 Å². The van der Waals surface area contributed by atoms with E-state index in [4.69, 9.17) is 0 Å². The smallest absolute Gasteiger partial charge is 0.272 e. The third-order valence-corrected chi connectivity index (χ3v) is 5.77. The highest BCUT2D eigenvalue weighted by Gasteiger charge is 2.24. The average Bonchev–Trinajstić information content (AvgIpc) is 3.21. The van der Waals surface area contributed by atoms with Crippen molar-refractivity contribution in [2.45, 2.75) is 51.1 Å². The quantitative estimate of drug-likeness (QED) is 0.354. The van der Waals surface area contributed by atoms with Crippen molar-refractivity contribution in [3.63, 3.8) is 0 Å². The summed E-state index contributed by atoms with van der Waals surface area (Å²) in [5.74, 6) is -0.345. The van der Waals surface area contributed by atoms with Gasteiger partial charge in [0.25, 0.3) is 11.6 Å². The Bertz CT molecular complexity index is 937. The molecule has 1 fully saturated rings. The summed E-state index contributed by atoms with van der Waals surface area (Å²) in [4.78, 5) is 24.7. The Morgan fingerprint density at radius 1 is 1.19 bits per heavy atom. The number of nitrogens with one attached hydrogen (secondary N) is 2. The minimum absolute atomic E-state index is 0.0221. The van der Waals surface area contributed by atoms with Crippen LogP contribution in [-0.4, -0.2) is 35.4 Å². The lowest BCUT2D eigenvalue weighted by molar-refractivity contribution is -0.385. The second kappa shape index (κ2) is 10.5. The van der Waals surface area contributed by atoms with Gasteiger partial charge in [-0.05, 0) is 56.0 Å². The van der Waals surface area contributed by atoms with Crippen LogP contribution >= 0.6 is 0 Å². The summed E-state index contributed by atoms with van der Waals surface area (Å²) < 4.78 is 13.4. The minimum atomic E-state index is -0.442. The van der Waals surface area contributed by atoms with Crippen molar-refractivity contribution in [3.8, 4) is 0 Å². The number of nitro benzene ring substituents is 1. The monoisotopic (exact) mass is 428 g/mol. The zero-order valence-electron chi connectivity index (χ0n) is 17.9. The van der Waals surface area contributed by atoms with Crippen molar-refractivity contribution < 1.29 is 14.1 Å². The average molecular weight is 429 g/mol. The van der Waals surface area contributed by atoms with Crippen molar-refractivity contribution >= 4 is 11.6 Å². The van der Waals surface area contributed by atoms with Crippen LogP contribution in [0.1, 0.15) is 59.6 Å². The van der Waals surface area contributed by atoms with Crippen molar-refractivity contribution in [2.75, 3.05) is 13.6 Å². The molecule has 2 unspecified atom stereocenters. The second-order valence-corrected chi connectivity index (χ2v) is 8.16. The molecular weight excluding hydrogens is 399 g/mol. The fourth-order valence-electron chi connectivity index (χ4n) is 3.99. The molecule has 2 aromatic rings. The normalized spacial score (nSPS) is 18.2. The summed E-state index contributed by atoms with van der Waals surface area (Å²) in [7, 11) is 1.76.